The third-order valence-electron chi connectivity index (χ3n) is 3.27. The fourth-order valence-corrected chi connectivity index (χ4v) is 2.29. The molecule has 3 nitrogen and oxygen atoms in total. The molecule has 0 aliphatic heterocycles. The molecule has 0 saturated heterocycles. The highest BCUT2D eigenvalue weighted by Crippen LogP contribution is 2.32. The molecule has 0 radical (unpaired) electrons. The standard InChI is InChI=1S/C15H18F3N3/c1-4-5-21-14(19)13(20-15(21)8(2)3)9-6-11(17)12(18)7-10(9)16/h6-8H,4-5,19H2,1-3H3. The van der Waals surface area contributed by atoms with Crippen molar-refractivity contribution in [3.63, 3.8) is 0 Å². The number of aromatic nitrogens is 2. The van der Waals surface area contributed by atoms with Crippen LogP contribution in [-0.4, -0.2) is 9.55 Å². The van der Waals surface area contributed by atoms with E-state index in [1.165, 1.54) is 0 Å². The second-order valence-electron chi connectivity index (χ2n) is 5.26. The van der Waals surface area contributed by atoms with Crippen molar-refractivity contribution < 1.29 is 13.2 Å². The van der Waals surface area contributed by atoms with Crippen molar-refractivity contribution in [3.05, 3.63) is 35.4 Å². The van der Waals surface area contributed by atoms with Gasteiger partial charge in [0.1, 0.15) is 23.2 Å². The molecule has 6 heteroatoms. The van der Waals surface area contributed by atoms with Crippen LogP contribution < -0.4 is 5.73 Å². The molecule has 114 valence electrons. The third kappa shape index (κ3) is 2.75. The topological polar surface area (TPSA) is 43.8 Å². The summed E-state index contributed by atoms with van der Waals surface area (Å²) in [4.78, 5) is 4.34. The van der Waals surface area contributed by atoms with Crippen LogP contribution in [-0.2, 0) is 6.54 Å². The van der Waals surface area contributed by atoms with E-state index in [9.17, 15) is 13.2 Å². The van der Waals surface area contributed by atoms with E-state index in [2.05, 4.69) is 4.98 Å². The molecule has 0 fully saturated rings. The Morgan fingerprint density at radius 2 is 1.76 bits per heavy atom. The summed E-state index contributed by atoms with van der Waals surface area (Å²) in [5, 5.41) is 0. The lowest BCUT2D eigenvalue weighted by Gasteiger charge is -2.10. The van der Waals surface area contributed by atoms with Gasteiger partial charge in [-0.05, 0) is 12.5 Å². The molecular formula is C15H18F3N3. The van der Waals surface area contributed by atoms with Crippen LogP contribution in [0.4, 0.5) is 19.0 Å². The summed E-state index contributed by atoms with van der Waals surface area (Å²) in [6.07, 6.45) is 0.833. The van der Waals surface area contributed by atoms with E-state index in [0.29, 0.717) is 18.4 Å². The molecule has 1 heterocycles. The highest BCUT2D eigenvalue weighted by atomic mass is 19.2. The predicted molar refractivity (Wildman–Crippen MR) is 76.3 cm³/mol. The number of anilines is 1. The van der Waals surface area contributed by atoms with Gasteiger partial charge in [-0.2, -0.15) is 0 Å². The van der Waals surface area contributed by atoms with Gasteiger partial charge in [-0.3, -0.25) is 0 Å². The minimum absolute atomic E-state index is 0.0842. The number of benzene rings is 1. The Hall–Kier alpha value is -1.98. The van der Waals surface area contributed by atoms with Gasteiger partial charge in [0, 0.05) is 24.1 Å². The maximum atomic E-state index is 13.9. The maximum absolute atomic E-state index is 13.9. The molecular weight excluding hydrogens is 279 g/mol. The summed E-state index contributed by atoms with van der Waals surface area (Å²) in [5.74, 6) is -2.18. The van der Waals surface area contributed by atoms with Crippen molar-refractivity contribution in [2.75, 3.05) is 5.73 Å². The normalized spacial score (nSPS) is 11.4. The Morgan fingerprint density at radius 3 is 2.33 bits per heavy atom. The van der Waals surface area contributed by atoms with Crippen LogP contribution in [0.5, 0.6) is 0 Å². The molecule has 0 atom stereocenters. The van der Waals surface area contributed by atoms with E-state index in [1.54, 1.807) is 4.57 Å². The Balaban J connectivity index is 2.65. The lowest BCUT2D eigenvalue weighted by molar-refractivity contribution is 0.496. The fraction of sp³-hybridized carbons (Fsp3) is 0.400. The van der Waals surface area contributed by atoms with E-state index in [4.69, 9.17) is 5.73 Å². The first-order valence-corrected chi connectivity index (χ1v) is 6.87. The summed E-state index contributed by atoms with van der Waals surface area (Å²) in [6, 6.07) is 1.31. The van der Waals surface area contributed by atoms with Gasteiger partial charge in [0.2, 0.25) is 0 Å². The molecule has 2 N–H and O–H groups in total. The molecule has 2 rings (SSSR count). The second-order valence-corrected chi connectivity index (χ2v) is 5.26. The van der Waals surface area contributed by atoms with Crippen LogP contribution in [0.15, 0.2) is 12.1 Å². The van der Waals surface area contributed by atoms with Crippen LogP contribution in [0.25, 0.3) is 11.3 Å². The summed E-state index contributed by atoms with van der Waals surface area (Å²) in [7, 11) is 0. The first-order valence-electron chi connectivity index (χ1n) is 6.87. The molecule has 0 aliphatic rings. The molecule has 0 unspecified atom stereocenters. The van der Waals surface area contributed by atoms with Gasteiger partial charge < -0.3 is 10.3 Å². The molecule has 0 amide bonds. The van der Waals surface area contributed by atoms with Crippen molar-refractivity contribution in [2.24, 2.45) is 0 Å². The largest absolute Gasteiger partial charge is 0.383 e. The van der Waals surface area contributed by atoms with Crippen LogP contribution in [0.2, 0.25) is 0 Å². The molecule has 0 spiro atoms. The summed E-state index contributed by atoms with van der Waals surface area (Å²) in [6.45, 7) is 6.51. The van der Waals surface area contributed by atoms with E-state index < -0.39 is 17.5 Å². The van der Waals surface area contributed by atoms with E-state index in [1.807, 2.05) is 20.8 Å². The molecule has 0 aliphatic carbocycles. The Bertz CT molecular complexity index is 663. The molecule has 2 aromatic rings. The summed E-state index contributed by atoms with van der Waals surface area (Å²) < 4.78 is 42.1. The molecule has 0 saturated carbocycles. The Kier molecular flexibility index (Phi) is 4.25. The Labute approximate surface area is 121 Å². The highest BCUT2D eigenvalue weighted by Gasteiger charge is 2.21. The zero-order valence-electron chi connectivity index (χ0n) is 12.3. The van der Waals surface area contributed by atoms with Crippen LogP contribution in [0, 0.1) is 17.5 Å². The Morgan fingerprint density at radius 1 is 1.14 bits per heavy atom. The number of rotatable bonds is 4. The van der Waals surface area contributed by atoms with Gasteiger partial charge in [-0.15, -0.1) is 0 Å². The van der Waals surface area contributed by atoms with Crippen LogP contribution >= 0.6 is 0 Å². The van der Waals surface area contributed by atoms with Gasteiger partial charge in [0.25, 0.3) is 0 Å². The number of hydrogen-bond acceptors (Lipinski definition) is 2. The van der Waals surface area contributed by atoms with E-state index in [-0.39, 0.29) is 23.0 Å². The van der Waals surface area contributed by atoms with Crippen molar-refractivity contribution in [1.82, 2.24) is 9.55 Å². The van der Waals surface area contributed by atoms with E-state index in [0.717, 1.165) is 12.5 Å². The summed E-state index contributed by atoms with van der Waals surface area (Å²) in [5.41, 5.74) is 6.07. The lowest BCUT2D eigenvalue weighted by Crippen LogP contribution is -2.08. The summed E-state index contributed by atoms with van der Waals surface area (Å²) >= 11 is 0. The minimum atomic E-state index is -1.23. The zero-order valence-corrected chi connectivity index (χ0v) is 12.3. The number of nitrogens with zero attached hydrogens (tertiary/aromatic N) is 2. The van der Waals surface area contributed by atoms with Crippen LogP contribution in [0.3, 0.4) is 0 Å². The molecule has 1 aromatic carbocycles. The van der Waals surface area contributed by atoms with E-state index >= 15 is 0 Å². The number of nitrogens with two attached hydrogens (primary N) is 1. The monoisotopic (exact) mass is 297 g/mol. The van der Waals surface area contributed by atoms with Gasteiger partial charge in [-0.25, -0.2) is 18.2 Å². The number of imidazole rings is 1. The first kappa shape index (κ1) is 15.4. The smallest absolute Gasteiger partial charge is 0.161 e. The lowest BCUT2D eigenvalue weighted by atomic mass is 10.1. The van der Waals surface area contributed by atoms with Crippen molar-refractivity contribution >= 4 is 5.82 Å². The van der Waals surface area contributed by atoms with Crippen molar-refractivity contribution in [3.8, 4) is 11.3 Å². The highest BCUT2D eigenvalue weighted by molar-refractivity contribution is 5.71. The molecule has 1 aromatic heterocycles. The number of nitrogen functional groups attached to an aromatic ring is 1. The van der Waals surface area contributed by atoms with Crippen molar-refractivity contribution in [1.29, 1.82) is 0 Å². The fourth-order valence-electron chi connectivity index (χ4n) is 2.29. The SMILES string of the molecule is CCCn1c(C(C)C)nc(-c2cc(F)c(F)cc2F)c1N. The van der Waals surface area contributed by atoms with Gasteiger partial charge in [0.05, 0.1) is 0 Å². The first-order chi connectivity index (χ1) is 9.86. The van der Waals surface area contributed by atoms with Crippen LogP contribution in [0.1, 0.15) is 38.9 Å². The maximum Gasteiger partial charge on any atom is 0.161 e. The predicted octanol–water partition coefficient (Wildman–Crippen LogP) is 4.08. The second kappa shape index (κ2) is 5.79. The number of hydrogen-bond donors (Lipinski definition) is 1. The van der Waals surface area contributed by atoms with Gasteiger partial charge in [0.15, 0.2) is 11.6 Å². The van der Waals surface area contributed by atoms with Gasteiger partial charge >= 0.3 is 0 Å². The molecule has 21 heavy (non-hydrogen) atoms. The average Bonchev–Trinajstić information content (AvgIpc) is 2.73. The molecule has 0 bridgehead atoms. The zero-order chi connectivity index (χ0) is 15.7. The average molecular weight is 297 g/mol. The van der Waals surface area contributed by atoms with Gasteiger partial charge in [-0.1, -0.05) is 20.8 Å². The number of halogens is 3. The van der Waals surface area contributed by atoms with Crippen molar-refractivity contribution in [2.45, 2.75) is 39.7 Å². The quantitative estimate of drug-likeness (QED) is 0.864. The third-order valence-corrected chi connectivity index (χ3v) is 3.27. The minimum Gasteiger partial charge on any atom is -0.383 e.